The van der Waals surface area contributed by atoms with Crippen molar-refractivity contribution in [1.82, 2.24) is 10.2 Å². The Bertz CT molecular complexity index is 763. The van der Waals surface area contributed by atoms with Gasteiger partial charge in [0.05, 0.1) is 5.69 Å². The monoisotopic (exact) mass is 363 g/mol. The molecule has 0 unspecified atom stereocenters. The Morgan fingerprint density at radius 1 is 1.20 bits per heavy atom. The quantitative estimate of drug-likeness (QED) is 0.772. The van der Waals surface area contributed by atoms with E-state index in [-0.39, 0.29) is 17.9 Å². The zero-order chi connectivity index (χ0) is 18.8. The summed E-state index contributed by atoms with van der Waals surface area (Å²) in [5, 5.41) is 8.90. The topological polar surface area (TPSA) is 59.2 Å². The number of rotatable bonds is 5. The van der Waals surface area contributed by atoms with Crippen molar-refractivity contribution in [3.63, 3.8) is 0 Å². The molecule has 2 aromatic rings. The molecule has 1 aromatic heterocycles. The third kappa shape index (κ3) is 4.21. The molecule has 0 aliphatic heterocycles. The molecule has 25 heavy (non-hydrogen) atoms. The van der Waals surface area contributed by atoms with Crippen molar-refractivity contribution in [2.75, 3.05) is 4.90 Å². The van der Waals surface area contributed by atoms with Crippen molar-refractivity contribution in [3.8, 4) is 0 Å². The summed E-state index contributed by atoms with van der Waals surface area (Å²) in [6.07, 6.45) is 1.54. The van der Waals surface area contributed by atoms with Crippen LogP contribution in [-0.4, -0.2) is 16.1 Å². The molecule has 1 aromatic carbocycles. The zero-order valence-corrected chi connectivity index (χ0v) is 16.6. The molecule has 0 saturated heterocycles. The van der Waals surface area contributed by atoms with Crippen LogP contribution in [0.15, 0.2) is 16.5 Å². The average Bonchev–Trinajstić information content (AvgIpc) is 3.01. The molecule has 2 rings (SSSR count). The number of hydrogen-bond donors (Lipinski definition) is 0. The van der Waals surface area contributed by atoms with Crippen LogP contribution in [0, 0.1) is 0 Å². The highest BCUT2D eigenvalue weighted by Gasteiger charge is 2.25. The van der Waals surface area contributed by atoms with E-state index in [0.29, 0.717) is 16.8 Å². The molecule has 0 fully saturated rings. The van der Waals surface area contributed by atoms with Crippen LogP contribution in [0.1, 0.15) is 64.5 Å². The highest BCUT2D eigenvalue weighted by atomic mass is 35.5. The largest absolute Gasteiger partial charge is 0.423 e. The Balaban J connectivity index is 2.48. The first kappa shape index (κ1) is 19.4. The van der Waals surface area contributed by atoms with E-state index < -0.39 is 0 Å². The number of hydrogen-bond acceptors (Lipinski definition) is 4. The second-order valence-electron chi connectivity index (χ2n) is 7.10. The number of amides is 1. The van der Waals surface area contributed by atoms with Gasteiger partial charge < -0.3 is 9.32 Å². The van der Waals surface area contributed by atoms with Crippen molar-refractivity contribution in [2.45, 2.75) is 66.3 Å². The van der Waals surface area contributed by atoms with Gasteiger partial charge in [-0.1, -0.05) is 52.3 Å². The second-order valence-corrected chi connectivity index (χ2v) is 7.50. The Morgan fingerprint density at radius 2 is 1.88 bits per heavy atom. The molecule has 1 amide bonds. The fourth-order valence-corrected chi connectivity index (χ4v) is 3.01. The first-order chi connectivity index (χ1) is 11.7. The van der Waals surface area contributed by atoms with Gasteiger partial charge in [-0.05, 0) is 30.0 Å². The normalized spacial score (nSPS) is 11.6. The van der Waals surface area contributed by atoms with Crippen molar-refractivity contribution in [3.05, 3.63) is 40.1 Å². The summed E-state index contributed by atoms with van der Waals surface area (Å²) in [6.45, 7) is 11.9. The van der Waals surface area contributed by atoms with Gasteiger partial charge in [-0.15, -0.1) is 10.2 Å². The van der Waals surface area contributed by atoms with Gasteiger partial charge in [0.2, 0.25) is 17.7 Å². The average molecular weight is 364 g/mol. The lowest BCUT2D eigenvalue weighted by atomic mass is 9.97. The van der Waals surface area contributed by atoms with Gasteiger partial charge in [-0.25, -0.2) is 0 Å². The molecule has 0 radical (unpaired) electrons. The molecule has 0 bridgehead atoms. The summed E-state index contributed by atoms with van der Waals surface area (Å²) in [5.41, 5.74) is 2.67. The van der Waals surface area contributed by atoms with Crippen molar-refractivity contribution >= 4 is 23.2 Å². The lowest BCUT2D eigenvalue weighted by Crippen LogP contribution is -2.30. The fourth-order valence-electron chi connectivity index (χ4n) is 2.72. The number of carbonyl (C=O) groups excluding carboxylic acids is 1. The minimum absolute atomic E-state index is 0.0813. The van der Waals surface area contributed by atoms with Gasteiger partial charge in [0.15, 0.2) is 0 Å². The number of aryl methyl sites for hydroxylation is 1. The summed E-state index contributed by atoms with van der Waals surface area (Å²) in [7, 11) is 0. The molecule has 0 N–H and O–H groups in total. The maximum atomic E-state index is 12.4. The molecule has 1 heterocycles. The minimum Gasteiger partial charge on any atom is -0.423 e. The van der Waals surface area contributed by atoms with E-state index in [1.807, 2.05) is 39.8 Å². The maximum Gasteiger partial charge on any atom is 0.236 e. The molecule has 0 aliphatic rings. The Kier molecular flexibility index (Phi) is 5.88. The highest BCUT2D eigenvalue weighted by molar-refractivity contribution is 6.32. The predicted molar refractivity (Wildman–Crippen MR) is 100 cm³/mol. The van der Waals surface area contributed by atoms with E-state index in [1.165, 1.54) is 0 Å². The van der Waals surface area contributed by atoms with Crippen LogP contribution >= 0.6 is 11.6 Å². The number of nitrogens with zero attached hydrogens (tertiary/aromatic N) is 3. The summed E-state index contributed by atoms with van der Waals surface area (Å²) in [5.74, 6) is 0.898. The van der Waals surface area contributed by atoms with Gasteiger partial charge >= 0.3 is 0 Å². The SMILES string of the molecule is CCc1ccc(Cl)c(CC)c1N(Cc1nnc(C(C)(C)C)o1)C(C)=O. The van der Waals surface area contributed by atoms with Gasteiger partial charge in [-0.2, -0.15) is 0 Å². The first-order valence-electron chi connectivity index (χ1n) is 8.60. The lowest BCUT2D eigenvalue weighted by molar-refractivity contribution is -0.116. The maximum absolute atomic E-state index is 12.4. The van der Waals surface area contributed by atoms with E-state index in [4.69, 9.17) is 16.0 Å². The summed E-state index contributed by atoms with van der Waals surface area (Å²) < 4.78 is 5.78. The van der Waals surface area contributed by atoms with Crippen LogP contribution in [0.3, 0.4) is 0 Å². The summed E-state index contributed by atoms with van der Waals surface area (Å²) >= 11 is 6.38. The number of halogens is 1. The molecular weight excluding hydrogens is 338 g/mol. The fraction of sp³-hybridized carbons (Fsp3) is 0.526. The second kappa shape index (κ2) is 7.56. The molecule has 5 nitrogen and oxygen atoms in total. The molecule has 136 valence electrons. The molecule has 6 heteroatoms. The van der Waals surface area contributed by atoms with Crippen molar-refractivity contribution < 1.29 is 9.21 Å². The molecule has 0 saturated carbocycles. The molecule has 0 spiro atoms. The van der Waals surface area contributed by atoms with E-state index >= 15 is 0 Å². The van der Waals surface area contributed by atoms with Crippen LogP contribution in [0.4, 0.5) is 5.69 Å². The van der Waals surface area contributed by atoms with Crippen LogP contribution in [0.2, 0.25) is 5.02 Å². The van der Waals surface area contributed by atoms with Crippen LogP contribution in [-0.2, 0) is 29.6 Å². The highest BCUT2D eigenvalue weighted by Crippen LogP contribution is 2.34. The molecule has 0 aliphatic carbocycles. The third-order valence-electron chi connectivity index (χ3n) is 4.10. The number of carbonyl (C=O) groups is 1. The molecular formula is C19H26ClN3O2. The van der Waals surface area contributed by atoms with Crippen molar-refractivity contribution in [2.24, 2.45) is 0 Å². The smallest absolute Gasteiger partial charge is 0.236 e. The third-order valence-corrected chi connectivity index (χ3v) is 4.45. The van der Waals surface area contributed by atoms with Crippen molar-refractivity contribution in [1.29, 1.82) is 0 Å². The number of aromatic nitrogens is 2. The van der Waals surface area contributed by atoms with E-state index in [2.05, 4.69) is 17.1 Å². The van der Waals surface area contributed by atoms with Crippen LogP contribution in [0.25, 0.3) is 0 Å². The molecule has 0 atom stereocenters. The van der Waals surface area contributed by atoms with Gasteiger partial charge in [0.1, 0.15) is 6.54 Å². The lowest BCUT2D eigenvalue weighted by Gasteiger charge is -2.26. The zero-order valence-electron chi connectivity index (χ0n) is 15.8. The van der Waals surface area contributed by atoms with Gasteiger partial charge in [-0.3, -0.25) is 4.79 Å². The van der Waals surface area contributed by atoms with E-state index in [9.17, 15) is 4.79 Å². The van der Waals surface area contributed by atoms with E-state index in [0.717, 1.165) is 29.7 Å². The first-order valence-corrected chi connectivity index (χ1v) is 8.98. The van der Waals surface area contributed by atoms with Crippen LogP contribution in [0.5, 0.6) is 0 Å². The summed E-state index contributed by atoms with van der Waals surface area (Å²) in [6, 6.07) is 3.87. The van der Waals surface area contributed by atoms with E-state index in [1.54, 1.807) is 11.8 Å². The van der Waals surface area contributed by atoms with Gasteiger partial charge in [0.25, 0.3) is 0 Å². The number of anilines is 1. The Labute approximate surface area is 154 Å². The van der Waals surface area contributed by atoms with Gasteiger partial charge in [0, 0.05) is 17.4 Å². The standard InChI is InChI=1S/C19H26ClN3O2/c1-7-13-9-10-15(20)14(8-2)17(13)23(12(3)24)11-16-21-22-18(25-16)19(4,5)6/h9-10H,7-8,11H2,1-6H3. The predicted octanol–water partition coefficient (Wildman–Crippen LogP) is 4.70. The van der Waals surface area contributed by atoms with Crippen LogP contribution < -0.4 is 4.90 Å². The summed E-state index contributed by atoms with van der Waals surface area (Å²) in [4.78, 5) is 14.1. The Morgan fingerprint density at radius 3 is 2.36 bits per heavy atom. The Hall–Kier alpha value is -1.88. The number of benzene rings is 1. The minimum atomic E-state index is -0.231.